The van der Waals surface area contributed by atoms with Gasteiger partial charge in [0.25, 0.3) is 0 Å². The molecule has 0 aliphatic carbocycles. The summed E-state index contributed by atoms with van der Waals surface area (Å²) in [5.41, 5.74) is 0. The maximum Gasteiger partial charge on any atom is 0.242 e. The van der Waals surface area contributed by atoms with Gasteiger partial charge in [-0.15, -0.1) is 0 Å². The Hall–Kier alpha value is -2.30. The third-order valence-corrected chi connectivity index (χ3v) is 3.12. The van der Waals surface area contributed by atoms with Crippen LogP contribution < -0.4 is 4.74 Å². The normalized spacial score (nSPS) is 15.1. The number of rotatable bonds is 4. The minimum atomic E-state index is 0.0813. The van der Waals surface area contributed by atoms with Crippen LogP contribution in [0, 0.1) is 0 Å². The second-order valence-corrected chi connectivity index (χ2v) is 4.58. The summed E-state index contributed by atoms with van der Waals surface area (Å²) in [6.45, 7) is 1.69. The van der Waals surface area contributed by atoms with Gasteiger partial charge in [-0.05, 0) is 24.3 Å². The van der Waals surface area contributed by atoms with E-state index in [1.165, 1.54) is 0 Å². The first kappa shape index (κ1) is 11.8. The van der Waals surface area contributed by atoms with Crippen molar-refractivity contribution in [1.82, 2.24) is 14.5 Å². The van der Waals surface area contributed by atoms with Crippen molar-refractivity contribution in [2.45, 2.75) is 12.6 Å². The molecule has 1 fully saturated rings. The lowest BCUT2D eigenvalue weighted by Crippen LogP contribution is -2.56. The molecule has 0 aromatic carbocycles. The lowest BCUT2D eigenvalue weighted by Gasteiger charge is -2.39. The van der Waals surface area contributed by atoms with Gasteiger partial charge in [-0.1, -0.05) is 0 Å². The molecule has 0 atom stereocenters. The Kier molecular flexibility index (Phi) is 3.18. The fourth-order valence-corrected chi connectivity index (χ4v) is 2.06. The summed E-state index contributed by atoms with van der Waals surface area (Å²) < 4.78 is 7.58. The third kappa shape index (κ3) is 2.76. The van der Waals surface area contributed by atoms with Crippen LogP contribution in [0.25, 0.3) is 0 Å². The number of pyridine rings is 1. The van der Waals surface area contributed by atoms with Crippen molar-refractivity contribution in [1.29, 1.82) is 0 Å². The van der Waals surface area contributed by atoms with Crippen LogP contribution in [0.15, 0.2) is 49.1 Å². The molecule has 3 heterocycles. The molecule has 5 heteroatoms. The maximum atomic E-state index is 11.9. The molecular formula is C14H15N3O2. The van der Waals surface area contributed by atoms with Crippen LogP contribution in [-0.4, -0.2) is 39.6 Å². The summed E-state index contributed by atoms with van der Waals surface area (Å²) in [7, 11) is 0. The first-order valence-corrected chi connectivity index (χ1v) is 6.26. The summed E-state index contributed by atoms with van der Waals surface area (Å²) in [5, 5.41) is 0. The minimum Gasteiger partial charge on any atom is -0.485 e. The Balaban J connectivity index is 1.46. The molecule has 5 nitrogen and oxygen atoms in total. The van der Waals surface area contributed by atoms with Gasteiger partial charge in [-0.2, -0.15) is 0 Å². The van der Waals surface area contributed by atoms with E-state index in [0.717, 1.165) is 5.75 Å². The number of carbonyl (C=O) groups excluding carboxylic acids is 1. The van der Waals surface area contributed by atoms with Gasteiger partial charge < -0.3 is 14.2 Å². The highest BCUT2D eigenvalue weighted by molar-refractivity contribution is 5.77. The fraction of sp³-hybridized carbons (Fsp3) is 0.286. The van der Waals surface area contributed by atoms with E-state index in [0.29, 0.717) is 19.6 Å². The van der Waals surface area contributed by atoms with Gasteiger partial charge in [0.05, 0.1) is 19.3 Å². The molecule has 1 aliphatic heterocycles. The number of carbonyl (C=O) groups is 1. The van der Waals surface area contributed by atoms with E-state index in [4.69, 9.17) is 4.74 Å². The van der Waals surface area contributed by atoms with Crippen molar-refractivity contribution < 1.29 is 9.53 Å². The predicted octanol–water partition coefficient (Wildman–Crippen LogP) is 1.17. The van der Waals surface area contributed by atoms with Crippen molar-refractivity contribution in [3.8, 4) is 5.75 Å². The van der Waals surface area contributed by atoms with Crippen LogP contribution in [-0.2, 0) is 11.3 Å². The van der Waals surface area contributed by atoms with E-state index in [1.54, 1.807) is 17.3 Å². The Morgan fingerprint density at radius 3 is 2.79 bits per heavy atom. The van der Waals surface area contributed by atoms with E-state index in [2.05, 4.69) is 4.98 Å². The average molecular weight is 257 g/mol. The molecule has 98 valence electrons. The van der Waals surface area contributed by atoms with Crippen LogP contribution in [0.1, 0.15) is 0 Å². The molecule has 0 unspecified atom stereocenters. The standard InChI is InChI=1S/C14H15N3O2/c18-14(11-16-6-1-2-7-16)17-9-13(10-17)19-12-4-3-5-15-8-12/h1-8,13H,9-11H2. The number of likely N-dealkylation sites (tertiary alicyclic amines) is 1. The minimum absolute atomic E-state index is 0.0813. The van der Waals surface area contributed by atoms with Crippen LogP contribution in [0.4, 0.5) is 0 Å². The molecule has 0 bridgehead atoms. The highest BCUT2D eigenvalue weighted by Gasteiger charge is 2.32. The van der Waals surface area contributed by atoms with Crippen LogP contribution in [0.3, 0.4) is 0 Å². The molecule has 0 radical (unpaired) electrons. The summed E-state index contributed by atoms with van der Waals surface area (Å²) in [6.07, 6.45) is 7.26. The lowest BCUT2D eigenvalue weighted by molar-refractivity contribution is -0.140. The molecule has 1 amide bonds. The number of amides is 1. The summed E-state index contributed by atoms with van der Waals surface area (Å²) >= 11 is 0. The molecule has 0 saturated carbocycles. The van der Waals surface area contributed by atoms with Gasteiger partial charge >= 0.3 is 0 Å². The zero-order valence-corrected chi connectivity index (χ0v) is 10.5. The van der Waals surface area contributed by atoms with Gasteiger partial charge in [-0.25, -0.2) is 0 Å². The zero-order valence-electron chi connectivity index (χ0n) is 10.5. The summed E-state index contributed by atoms with van der Waals surface area (Å²) in [4.78, 5) is 17.7. The number of hydrogen-bond donors (Lipinski definition) is 0. The Labute approximate surface area is 111 Å². The Morgan fingerprint density at radius 1 is 1.32 bits per heavy atom. The molecule has 0 spiro atoms. The summed E-state index contributed by atoms with van der Waals surface area (Å²) in [5.74, 6) is 0.882. The van der Waals surface area contributed by atoms with E-state index >= 15 is 0 Å². The van der Waals surface area contributed by atoms with Gasteiger partial charge in [-0.3, -0.25) is 9.78 Å². The molecule has 1 saturated heterocycles. The SMILES string of the molecule is O=C(Cn1cccc1)N1CC(Oc2cccnc2)C1. The average Bonchev–Trinajstić information content (AvgIpc) is 2.87. The smallest absolute Gasteiger partial charge is 0.242 e. The largest absolute Gasteiger partial charge is 0.485 e. The van der Waals surface area contributed by atoms with E-state index in [9.17, 15) is 4.79 Å². The van der Waals surface area contributed by atoms with Gasteiger partial charge in [0.2, 0.25) is 5.91 Å². The van der Waals surface area contributed by atoms with Crippen molar-refractivity contribution in [3.63, 3.8) is 0 Å². The first-order valence-electron chi connectivity index (χ1n) is 6.26. The number of ether oxygens (including phenoxy) is 1. The van der Waals surface area contributed by atoms with Crippen LogP contribution in [0.2, 0.25) is 0 Å². The molecule has 0 N–H and O–H groups in total. The van der Waals surface area contributed by atoms with Crippen molar-refractivity contribution >= 4 is 5.91 Å². The molecule has 3 rings (SSSR count). The van der Waals surface area contributed by atoms with Crippen molar-refractivity contribution in [2.24, 2.45) is 0 Å². The van der Waals surface area contributed by atoms with Crippen molar-refractivity contribution in [2.75, 3.05) is 13.1 Å². The molecular weight excluding hydrogens is 242 g/mol. The van der Waals surface area contributed by atoms with Crippen molar-refractivity contribution in [3.05, 3.63) is 49.1 Å². The monoisotopic (exact) mass is 257 g/mol. The quantitative estimate of drug-likeness (QED) is 0.826. The van der Waals surface area contributed by atoms with Crippen LogP contribution in [0.5, 0.6) is 5.75 Å². The lowest BCUT2D eigenvalue weighted by atomic mass is 10.1. The summed E-state index contributed by atoms with van der Waals surface area (Å²) in [6, 6.07) is 7.54. The first-order chi connectivity index (χ1) is 9.31. The predicted molar refractivity (Wildman–Crippen MR) is 69.7 cm³/mol. The molecule has 2 aromatic heterocycles. The van der Waals surface area contributed by atoms with Gasteiger partial charge in [0, 0.05) is 18.6 Å². The van der Waals surface area contributed by atoms with Gasteiger partial charge in [0.1, 0.15) is 18.4 Å². The molecule has 1 aliphatic rings. The highest BCUT2D eigenvalue weighted by Crippen LogP contribution is 2.17. The highest BCUT2D eigenvalue weighted by atomic mass is 16.5. The number of hydrogen-bond acceptors (Lipinski definition) is 3. The topological polar surface area (TPSA) is 47.4 Å². The maximum absolute atomic E-state index is 11.9. The van der Waals surface area contributed by atoms with E-state index in [-0.39, 0.29) is 12.0 Å². The van der Waals surface area contributed by atoms with E-state index < -0.39 is 0 Å². The molecule has 19 heavy (non-hydrogen) atoms. The number of aromatic nitrogens is 2. The second kappa shape index (κ2) is 5.14. The van der Waals surface area contributed by atoms with Gasteiger partial charge in [0.15, 0.2) is 0 Å². The van der Waals surface area contributed by atoms with Crippen LogP contribution >= 0.6 is 0 Å². The fourth-order valence-electron chi connectivity index (χ4n) is 2.06. The van der Waals surface area contributed by atoms with E-state index in [1.807, 2.05) is 41.2 Å². The zero-order chi connectivity index (χ0) is 13.1. The number of nitrogens with zero attached hydrogens (tertiary/aromatic N) is 3. The Morgan fingerprint density at radius 2 is 2.11 bits per heavy atom. The third-order valence-electron chi connectivity index (χ3n) is 3.12. The second-order valence-electron chi connectivity index (χ2n) is 4.58. The Bertz CT molecular complexity index is 533. The molecule has 2 aromatic rings.